The summed E-state index contributed by atoms with van der Waals surface area (Å²) in [5, 5.41) is 14.3. The lowest BCUT2D eigenvalue weighted by molar-refractivity contribution is -0.139. The van der Waals surface area contributed by atoms with Gasteiger partial charge in [0.15, 0.2) is 0 Å². The Balaban J connectivity index is 2.37. The number of carboxylic acid groups (broad SMARTS) is 1. The third-order valence-corrected chi connectivity index (χ3v) is 3.55. The van der Waals surface area contributed by atoms with E-state index in [1.807, 2.05) is 6.92 Å². The number of hydrogen-bond acceptors (Lipinski definition) is 4. The lowest BCUT2D eigenvalue weighted by Gasteiger charge is -2.28. The Bertz CT molecular complexity index is 318. The fourth-order valence-electron chi connectivity index (χ4n) is 2.23. The molecule has 2 unspecified atom stereocenters. The Morgan fingerprint density at radius 3 is 2.55 bits per heavy atom. The van der Waals surface area contributed by atoms with E-state index in [-0.39, 0.29) is 19.1 Å². The second kappa shape index (κ2) is 8.76. The van der Waals surface area contributed by atoms with Crippen molar-refractivity contribution in [2.75, 3.05) is 26.9 Å². The number of amides is 2. The van der Waals surface area contributed by atoms with Gasteiger partial charge in [-0.1, -0.05) is 0 Å². The molecule has 3 N–H and O–H groups in total. The first-order chi connectivity index (χ1) is 9.54. The molecule has 1 fully saturated rings. The van der Waals surface area contributed by atoms with Gasteiger partial charge in [-0.25, -0.2) is 9.59 Å². The van der Waals surface area contributed by atoms with Crippen LogP contribution in [0.3, 0.4) is 0 Å². The molecule has 2 amide bonds. The zero-order valence-electron chi connectivity index (χ0n) is 12.1. The maximum Gasteiger partial charge on any atom is 0.326 e. The summed E-state index contributed by atoms with van der Waals surface area (Å²) >= 11 is 0. The Morgan fingerprint density at radius 2 is 2.00 bits per heavy atom. The van der Waals surface area contributed by atoms with Crippen LogP contribution in [0, 0.1) is 5.92 Å². The highest BCUT2D eigenvalue weighted by molar-refractivity contribution is 5.82. The molecule has 1 aliphatic heterocycles. The predicted molar refractivity (Wildman–Crippen MR) is 72.6 cm³/mol. The number of carbonyl (C=O) groups is 2. The van der Waals surface area contributed by atoms with Crippen LogP contribution in [0.2, 0.25) is 0 Å². The van der Waals surface area contributed by atoms with Crippen LogP contribution < -0.4 is 10.6 Å². The minimum atomic E-state index is -1.06. The summed E-state index contributed by atoms with van der Waals surface area (Å²) in [5.41, 5.74) is 0. The highest BCUT2D eigenvalue weighted by atomic mass is 16.5. The van der Waals surface area contributed by atoms with Gasteiger partial charge in [-0.2, -0.15) is 0 Å². The standard InChI is InChI=1S/C13H24N2O5/c1-9(10-3-7-20-8-4-10)14-13(18)15-11(12(16)17)5-6-19-2/h9-11H,3-8H2,1-2H3,(H,16,17)(H2,14,15,18). The third kappa shape index (κ3) is 5.75. The van der Waals surface area contributed by atoms with Crippen molar-refractivity contribution in [2.45, 2.75) is 38.3 Å². The molecule has 7 nitrogen and oxygen atoms in total. The minimum absolute atomic E-state index is 0.00392. The van der Waals surface area contributed by atoms with Crippen LogP contribution in [-0.4, -0.2) is 56.1 Å². The topological polar surface area (TPSA) is 96.9 Å². The average molecular weight is 288 g/mol. The van der Waals surface area contributed by atoms with Gasteiger partial charge in [0, 0.05) is 39.4 Å². The molecule has 0 spiro atoms. The van der Waals surface area contributed by atoms with Crippen LogP contribution in [-0.2, 0) is 14.3 Å². The lowest BCUT2D eigenvalue weighted by atomic mass is 9.93. The largest absolute Gasteiger partial charge is 0.480 e. The van der Waals surface area contributed by atoms with Crippen LogP contribution in [0.5, 0.6) is 0 Å². The van der Waals surface area contributed by atoms with E-state index in [9.17, 15) is 9.59 Å². The van der Waals surface area contributed by atoms with Crippen molar-refractivity contribution in [2.24, 2.45) is 5.92 Å². The fraction of sp³-hybridized carbons (Fsp3) is 0.846. The molecule has 1 rings (SSSR count). The number of carboxylic acids is 1. The maximum atomic E-state index is 11.8. The Morgan fingerprint density at radius 1 is 1.35 bits per heavy atom. The van der Waals surface area contributed by atoms with Crippen molar-refractivity contribution in [3.8, 4) is 0 Å². The van der Waals surface area contributed by atoms with Crippen molar-refractivity contribution < 1.29 is 24.2 Å². The van der Waals surface area contributed by atoms with Crippen molar-refractivity contribution in [1.82, 2.24) is 10.6 Å². The number of ether oxygens (including phenoxy) is 2. The second-order valence-corrected chi connectivity index (χ2v) is 5.03. The van der Waals surface area contributed by atoms with Gasteiger partial charge in [0.2, 0.25) is 0 Å². The minimum Gasteiger partial charge on any atom is -0.480 e. The quantitative estimate of drug-likeness (QED) is 0.637. The molecule has 2 atom stereocenters. The first-order valence-electron chi connectivity index (χ1n) is 6.91. The molecule has 116 valence electrons. The molecule has 0 aromatic carbocycles. The van der Waals surface area contributed by atoms with Crippen molar-refractivity contribution >= 4 is 12.0 Å². The molecule has 1 aliphatic rings. The zero-order chi connectivity index (χ0) is 15.0. The molecule has 0 bridgehead atoms. The van der Waals surface area contributed by atoms with Crippen LogP contribution in [0.1, 0.15) is 26.2 Å². The molecule has 0 aromatic heterocycles. The fourth-order valence-corrected chi connectivity index (χ4v) is 2.23. The SMILES string of the molecule is COCCC(NC(=O)NC(C)C1CCOCC1)C(=O)O. The molecule has 7 heteroatoms. The number of nitrogens with one attached hydrogen (secondary N) is 2. The smallest absolute Gasteiger partial charge is 0.326 e. The van der Waals surface area contributed by atoms with E-state index >= 15 is 0 Å². The lowest BCUT2D eigenvalue weighted by Crippen LogP contribution is -2.50. The van der Waals surface area contributed by atoms with E-state index in [0.717, 1.165) is 12.8 Å². The summed E-state index contributed by atoms with van der Waals surface area (Å²) in [6.07, 6.45) is 2.06. The molecule has 0 saturated carbocycles. The van der Waals surface area contributed by atoms with E-state index in [0.29, 0.717) is 19.1 Å². The molecular formula is C13H24N2O5. The highest BCUT2D eigenvalue weighted by Gasteiger charge is 2.24. The number of methoxy groups -OCH3 is 1. The molecule has 1 saturated heterocycles. The number of aliphatic carboxylic acids is 1. The third-order valence-electron chi connectivity index (χ3n) is 3.55. The van der Waals surface area contributed by atoms with E-state index in [1.54, 1.807) is 0 Å². The molecule has 1 heterocycles. The number of rotatable bonds is 7. The summed E-state index contributed by atoms with van der Waals surface area (Å²) in [6.45, 7) is 3.64. The average Bonchev–Trinajstić information content (AvgIpc) is 2.44. The molecule has 0 aliphatic carbocycles. The van der Waals surface area contributed by atoms with Crippen molar-refractivity contribution in [3.63, 3.8) is 0 Å². The van der Waals surface area contributed by atoms with Gasteiger partial charge in [-0.15, -0.1) is 0 Å². The van der Waals surface area contributed by atoms with Crippen LogP contribution in [0.15, 0.2) is 0 Å². The van der Waals surface area contributed by atoms with Gasteiger partial charge in [-0.3, -0.25) is 0 Å². The number of carbonyl (C=O) groups excluding carboxylic acids is 1. The molecule has 20 heavy (non-hydrogen) atoms. The Hall–Kier alpha value is -1.34. The number of urea groups is 1. The zero-order valence-corrected chi connectivity index (χ0v) is 12.1. The number of hydrogen-bond donors (Lipinski definition) is 3. The van der Waals surface area contributed by atoms with Gasteiger partial charge >= 0.3 is 12.0 Å². The van der Waals surface area contributed by atoms with E-state index < -0.39 is 18.0 Å². The first-order valence-corrected chi connectivity index (χ1v) is 6.91. The van der Waals surface area contributed by atoms with Crippen LogP contribution >= 0.6 is 0 Å². The monoisotopic (exact) mass is 288 g/mol. The van der Waals surface area contributed by atoms with Crippen molar-refractivity contribution in [1.29, 1.82) is 0 Å². The second-order valence-electron chi connectivity index (χ2n) is 5.03. The van der Waals surface area contributed by atoms with Crippen LogP contribution in [0.4, 0.5) is 4.79 Å². The predicted octanol–water partition coefficient (Wildman–Crippen LogP) is 0.590. The van der Waals surface area contributed by atoms with Gasteiger partial charge < -0.3 is 25.2 Å². The molecule has 0 aromatic rings. The molecule has 0 radical (unpaired) electrons. The van der Waals surface area contributed by atoms with Gasteiger partial charge in [0.1, 0.15) is 6.04 Å². The van der Waals surface area contributed by atoms with Gasteiger partial charge in [0.25, 0.3) is 0 Å². The van der Waals surface area contributed by atoms with Gasteiger partial charge in [0.05, 0.1) is 0 Å². The summed E-state index contributed by atoms with van der Waals surface area (Å²) < 4.78 is 10.1. The first kappa shape index (κ1) is 16.7. The Kier molecular flexibility index (Phi) is 7.32. The van der Waals surface area contributed by atoms with Crippen LogP contribution in [0.25, 0.3) is 0 Å². The maximum absolute atomic E-state index is 11.8. The summed E-state index contributed by atoms with van der Waals surface area (Å²) in [5.74, 6) is -0.687. The van der Waals surface area contributed by atoms with E-state index in [2.05, 4.69) is 10.6 Å². The molecular weight excluding hydrogens is 264 g/mol. The van der Waals surface area contributed by atoms with E-state index in [1.165, 1.54) is 7.11 Å². The van der Waals surface area contributed by atoms with Gasteiger partial charge in [-0.05, 0) is 25.7 Å². The Labute approximate surface area is 119 Å². The highest BCUT2D eigenvalue weighted by Crippen LogP contribution is 2.18. The normalized spacial score (nSPS) is 19.1. The summed E-state index contributed by atoms with van der Waals surface area (Å²) in [6, 6.07) is -1.39. The van der Waals surface area contributed by atoms with E-state index in [4.69, 9.17) is 14.6 Å². The van der Waals surface area contributed by atoms with Crippen molar-refractivity contribution in [3.05, 3.63) is 0 Å². The summed E-state index contributed by atoms with van der Waals surface area (Å²) in [7, 11) is 1.49. The summed E-state index contributed by atoms with van der Waals surface area (Å²) in [4.78, 5) is 22.8.